The van der Waals surface area contributed by atoms with Crippen molar-refractivity contribution in [3.05, 3.63) is 29.8 Å². The van der Waals surface area contributed by atoms with Crippen LogP contribution >= 0.6 is 0 Å². The van der Waals surface area contributed by atoms with E-state index in [2.05, 4.69) is 31.3 Å². The Hall–Kier alpha value is -0.422. The summed E-state index contributed by atoms with van der Waals surface area (Å²) in [6.07, 6.45) is 1.16. The SMILES string of the molecule is CC[C@H](c1cccc(O)c1)[C@H](C)C[As](C)C. The van der Waals surface area contributed by atoms with Gasteiger partial charge in [0.25, 0.3) is 0 Å². The summed E-state index contributed by atoms with van der Waals surface area (Å²) in [4.78, 5) is 0. The Morgan fingerprint density at radius 2 is 2.00 bits per heavy atom. The summed E-state index contributed by atoms with van der Waals surface area (Å²) in [6, 6.07) is 7.77. The van der Waals surface area contributed by atoms with Gasteiger partial charge >= 0.3 is 104 Å². The van der Waals surface area contributed by atoms with Gasteiger partial charge in [0.1, 0.15) is 0 Å². The second-order valence-electron chi connectivity index (χ2n) is 4.85. The molecule has 0 saturated carbocycles. The fourth-order valence-corrected chi connectivity index (χ4v) is 5.38. The molecule has 0 aliphatic rings. The predicted molar refractivity (Wildman–Crippen MR) is 72.6 cm³/mol. The van der Waals surface area contributed by atoms with Gasteiger partial charge in [0.15, 0.2) is 0 Å². The molecule has 1 aromatic rings. The number of hydrogen-bond acceptors (Lipinski definition) is 1. The van der Waals surface area contributed by atoms with Gasteiger partial charge in [-0.3, -0.25) is 0 Å². The van der Waals surface area contributed by atoms with Crippen LogP contribution in [0.15, 0.2) is 24.3 Å². The van der Waals surface area contributed by atoms with Gasteiger partial charge in [-0.2, -0.15) is 0 Å². The summed E-state index contributed by atoms with van der Waals surface area (Å²) in [6.45, 7) is 4.60. The van der Waals surface area contributed by atoms with E-state index in [4.69, 9.17) is 0 Å². The van der Waals surface area contributed by atoms with Crippen molar-refractivity contribution >= 4 is 14.7 Å². The van der Waals surface area contributed by atoms with Gasteiger partial charge in [0, 0.05) is 0 Å². The molecule has 1 rings (SSSR count). The molecule has 0 bridgehead atoms. The number of phenols is 1. The van der Waals surface area contributed by atoms with E-state index in [0.29, 0.717) is 11.7 Å². The first kappa shape index (κ1) is 13.6. The molecule has 0 saturated heterocycles. The number of benzene rings is 1. The molecule has 0 aromatic heterocycles. The van der Waals surface area contributed by atoms with E-state index < -0.39 is 14.7 Å². The van der Waals surface area contributed by atoms with Crippen LogP contribution in [0.1, 0.15) is 31.7 Å². The van der Waals surface area contributed by atoms with E-state index in [9.17, 15) is 5.11 Å². The molecule has 1 aromatic carbocycles. The standard InChI is InChI=1S/C14H23AsO/c1-5-14(11(2)10-15(3)4)12-7-6-8-13(16)9-12/h6-9,11,14,16H,5,10H2,1-4H3/t11-,14+/m1/s1. The molecular formula is C14H23AsO. The van der Waals surface area contributed by atoms with Crippen LogP contribution in [0.5, 0.6) is 5.75 Å². The zero-order chi connectivity index (χ0) is 12.1. The van der Waals surface area contributed by atoms with Crippen LogP contribution in [-0.2, 0) is 0 Å². The topological polar surface area (TPSA) is 20.2 Å². The van der Waals surface area contributed by atoms with E-state index in [0.717, 1.165) is 12.3 Å². The average molecular weight is 282 g/mol. The Morgan fingerprint density at radius 1 is 1.31 bits per heavy atom. The summed E-state index contributed by atoms with van der Waals surface area (Å²) < 4.78 is 0. The van der Waals surface area contributed by atoms with Crippen LogP contribution in [0.4, 0.5) is 0 Å². The summed E-state index contributed by atoms with van der Waals surface area (Å²) >= 11 is -0.559. The first-order chi connectivity index (χ1) is 7.54. The van der Waals surface area contributed by atoms with Gasteiger partial charge in [-0.05, 0) is 0 Å². The maximum absolute atomic E-state index is 9.53. The average Bonchev–Trinajstić information content (AvgIpc) is 2.17. The third-order valence-electron chi connectivity index (χ3n) is 3.08. The van der Waals surface area contributed by atoms with E-state index in [1.807, 2.05) is 12.1 Å². The minimum atomic E-state index is -0.559. The first-order valence-electron chi connectivity index (χ1n) is 5.98. The molecule has 0 unspecified atom stereocenters. The van der Waals surface area contributed by atoms with Crippen molar-refractivity contribution in [2.75, 3.05) is 0 Å². The zero-order valence-corrected chi connectivity index (χ0v) is 12.6. The number of aromatic hydroxyl groups is 1. The Bertz CT molecular complexity index is 322. The molecule has 0 fully saturated rings. The molecule has 16 heavy (non-hydrogen) atoms. The normalized spacial score (nSPS) is 15.1. The van der Waals surface area contributed by atoms with Crippen LogP contribution in [0.25, 0.3) is 0 Å². The molecule has 0 heterocycles. The van der Waals surface area contributed by atoms with E-state index in [-0.39, 0.29) is 0 Å². The monoisotopic (exact) mass is 282 g/mol. The fraction of sp³-hybridized carbons (Fsp3) is 0.571. The van der Waals surface area contributed by atoms with Crippen molar-refractivity contribution in [2.45, 2.75) is 42.8 Å². The number of rotatable bonds is 5. The van der Waals surface area contributed by atoms with Crippen molar-refractivity contribution in [2.24, 2.45) is 5.92 Å². The van der Waals surface area contributed by atoms with Crippen LogP contribution < -0.4 is 0 Å². The molecule has 1 nitrogen and oxygen atoms in total. The number of phenolic OH excluding ortho intramolecular Hbond substituents is 1. The molecule has 1 N–H and O–H groups in total. The minimum absolute atomic E-state index is 0.394. The second-order valence-corrected chi connectivity index (χ2v) is 10.1. The second kappa shape index (κ2) is 6.35. The molecular weight excluding hydrogens is 259 g/mol. The number of hydrogen-bond donors (Lipinski definition) is 1. The van der Waals surface area contributed by atoms with Crippen LogP contribution in [0.2, 0.25) is 16.6 Å². The molecule has 90 valence electrons. The van der Waals surface area contributed by atoms with Crippen molar-refractivity contribution in [1.29, 1.82) is 0 Å². The quantitative estimate of drug-likeness (QED) is 0.799. The van der Waals surface area contributed by atoms with Gasteiger partial charge in [0.05, 0.1) is 0 Å². The Morgan fingerprint density at radius 3 is 2.50 bits per heavy atom. The molecule has 2 heteroatoms. The summed E-state index contributed by atoms with van der Waals surface area (Å²) in [7, 11) is 0. The Labute approximate surface area is 104 Å². The first-order valence-corrected chi connectivity index (χ1v) is 11.1. The molecule has 0 amide bonds. The van der Waals surface area contributed by atoms with Crippen molar-refractivity contribution in [3.8, 4) is 5.75 Å². The van der Waals surface area contributed by atoms with Gasteiger partial charge < -0.3 is 0 Å². The van der Waals surface area contributed by atoms with E-state index >= 15 is 0 Å². The molecule has 0 spiro atoms. The molecule has 0 radical (unpaired) electrons. The Balaban J connectivity index is 2.81. The maximum atomic E-state index is 9.53. The predicted octanol–water partition coefficient (Wildman–Crippen LogP) is 4.28. The van der Waals surface area contributed by atoms with E-state index in [1.54, 1.807) is 6.07 Å². The summed E-state index contributed by atoms with van der Waals surface area (Å²) in [5, 5.41) is 10.9. The van der Waals surface area contributed by atoms with Gasteiger partial charge in [-0.25, -0.2) is 0 Å². The molecule has 0 aliphatic heterocycles. The van der Waals surface area contributed by atoms with Gasteiger partial charge in [0.2, 0.25) is 0 Å². The Kier molecular flexibility index (Phi) is 5.41. The molecule has 2 atom stereocenters. The van der Waals surface area contributed by atoms with Crippen LogP contribution in [0.3, 0.4) is 0 Å². The third-order valence-corrected chi connectivity index (χ3v) is 5.82. The molecule has 0 aliphatic carbocycles. The van der Waals surface area contributed by atoms with Crippen LogP contribution in [-0.4, -0.2) is 19.8 Å². The zero-order valence-electron chi connectivity index (χ0n) is 10.8. The van der Waals surface area contributed by atoms with Crippen molar-refractivity contribution in [3.63, 3.8) is 0 Å². The van der Waals surface area contributed by atoms with Crippen molar-refractivity contribution in [1.82, 2.24) is 0 Å². The van der Waals surface area contributed by atoms with E-state index in [1.165, 1.54) is 10.8 Å². The summed E-state index contributed by atoms with van der Waals surface area (Å²) in [5.41, 5.74) is 6.13. The van der Waals surface area contributed by atoms with Crippen LogP contribution in [0, 0.1) is 5.92 Å². The third kappa shape index (κ3) is 3.86. The van der Waals surface area contributed by atoms with Gasteiger partial charge in [-0.15, -0.1) is 0 Å². The van der Waals surface area contributed by atoms with Crippen molar-refractivity contribution < 1.29 is 5.11 Å². The fourth-order valence-electron chi connectivity index (χ4n) is 2.43. The summed E-state index contributed by atoms with van der Waals surface area (Å²) in [5.74, 6) is 1.73. The van der Waals surface area contributed by atoms with Gasteiger partial charge in [-0.1, -0.05) is 0 Å².